The van der Waals surface area contributed by atoms with Gasteiger partial charge in [-0.15, -0.1) is 24.8 Å². The van der Waals surface area contributed by atoms with Gasteiger partial charge in [0.05, 0.1) is 5.02 Å². The van der Waals surface area contributed by atoms with Crippen molar-refractivity contribution < 1.29 is 13.2 Å². The molecular formula is C23H25Cl3N4O3S. The Balaban J connectivity index is 0.00000204. The zero-order chi connectivity index (χ0) is 22.7. The van der Waals surface area contributed by atoms with Gasteiger partial charge in [0.25, 0.3) is 5.91 Å². The molecule has 2 aromatic carbocycles. The summed E-state index contributed by atoms with van der Waals surface area (Å²) < 4.78 is 27.9. The Morgan fingerprint density at radius 3 is 2.35 bits per heavy atom. The highest BCUT2D eigenvalue weighted by molar-refractivity contribution is 7.89. The van der Waals surface area contributed by atoms with Gasteiger partial charge in [0.2, 0.25) is 10.0 Å². The van der Waals surface area contributed by atoms with Crippen LogP contribution in [0.25, 0.3) is 0 Å². The first-order valence-corrected chi connectivity index (χ1v) is 12.0. The predicted molar refractivity (Wildman–Crippen MR) is 138 cm³/mol. The predicted octanol–water partition coefficient (Wildman–Crippen LogP) is 4.68. The molecule has 34 heavy (non-hydrogen) atoms. The molecule has 3 N–H and O–H groups in total. The van der Waals surface area contributed by atoms with Gasteiger partial charge in [0.15, 0.2) is 0 Å². The van der Waals surface area contributed by atoms with E-state index in [9.17, 15) is 13.2 Å². The minimum Gasteiger partial charge on any atom is -0.323 e. The van der Waals surface area contributed by atoms with Crippen LogP contribution in [0.4, 0.5) is 5.69 Å². The number of carbonyl (C=O) groups excluding carboxylic acids is 1. The van der Waals surface area contributed by atoms with Crippen LogP contribution in [0.15, 0.2) is 78.0 Å². The normalized spacial score (nSPS) is 16.7. The summed E-state index contributed by atoms with van der Waals surface area (Å²) in [5, 5.41) is 2.99. The Bertz CT molecular complexity index is 1210. The maximum Gasteiger partial charge on any atom is 0.255 e. The van der Waals surface area contributed by atoms with Crippen LogP contribution in [-0.2, 0) is 10.0 Å². The molecule has 2 unspecified atom stereocenters. The average Bonchev–Trinajstić information content (AvgIpc) is 3.30. The molecule has 0 radical (unpaired) electrons. The second kappa shape index (κ2) is 12.0. The molecule has 4 rings (SSSR count). The van der Waals surface area contributed by atoms with Crippen molar-refractivity contribution in [2.75, 3.05) is 11.9 Å². The minimum atomic E-state index is -3.78. The summed E-state index contributed by atoms with van der Waals surface area (Å²) in [6.07, 6.45) is 4.56. The zero-order valence-corrected chi connectivity index (χ0v) is 21.2. The number of hydrogen-bond acceptors (Lipinski definition) is 5. The fraction of sp³-hybridized carbons (Fsp3) is 0.217. The Morgan fingerprint density at radius 2 is 1.71 bits per heavy atom. The third-order valence-electron chi connectivity index (χ3n) is 5.58. The molecule has 11 heteroatoms. The molecule has 0 bridgehead atoms. The summed E-state index contributed by atoms with van der Waals surface area (Å²) in [4.78, 5) is 16.5. The summed E-state index contributed by atoms with van der Waals surface area (Å²) >= 11 is 6.16. The van der Waals surface area contributed by atoms with Crippen LogP contribution in [0.3, 0.4) is 0 Å². The quantitative estimate of drug-likeness (QED) is 0.469. The minimum absolute atomic E-state index is 0. The van der Waals surface area contributed by atoms with Gasteiger partial charge in [-0.25, -0.2) is 8.42 Å². The van der Waals surface area contributed by atoms with Gasteiger partial charge in [-0.05, 0) is 54.8 Å². The monoisotopic (exact) mass is 542 g/mol. The standard InChI is InChI=1S/C23H23ClN4O3S.2ClH/c24-19-4-1-2-6-21(19)32(30,31)28-15-3-5-20(28)22(25)16-7-9-17(10-8-16)23(29)27-18-11-13-26-14-12-18;;/h1-2,4,6-14,20,22H,3,5,15,25H2,(H,26,27,29);2*1H. The van der Waals surface area contributed by atoms with E-state index < -0.39 is 22.1 Å². The van der Waals surface area contributed by atoms with E-state index in [4.69, 9.17) is 17.3 Å². The molecule has 7 nitrogen and oxygen atoms in total. The Morgan fingerprint density at radius 1 is 1.06 bits per heavy atom. The van der Waals surface area contributed by atoms with E-state index in [1.54, 1.807) is 67.0 Å². The molecule has 1 aliphatic rings. The number of sulfonamides is 1. The van der Waals surface area contributed by atoms with Gasteiger partial charge in [0, 0.05) is 42.3 Å². The highest BCUT2D eigenvalue weighted by Gasteiger charge is 2.39. The SMILES string of the molecule is Cl.Cl.NC(c1ccc(C(=O)Nc2ccncc2)cc1)C1CCCN1S(=O)(=O)c1ccccc1Cl. The van der Waals surface area contributed by atoms with Crippen LogP contribution < -0.4 is 11.1 Å². The molecule has 0 aliphatic carbocycles. The summed E-state index contributed by atoms with van der Waals surface area (Å²) in [6.45, 7) is 0.387. The molecule has 182 valence electrons. The van der Waals surface area contributed by atoms with Gasteiger partial charge in [0.1, 0.15) is 4.90 Å². The molecule has 1 aromatic heterocycles. The molecule has 1 fully saturated rings. The maximum absolute atomic E-state index is 13.2. The second-order valence-corrected chi connectivity index (χ2v) is 9.86. The molecular weight excluding hydrogens is 519 g/mol. The number of nitrogens with zero attached hydrogens (tertiary/aromatic N) is 2. The Labute approximate surface area is 216 Å². The van der Waals surface area contributed by atoms with Gasteiger partial charge in [-0.2, -0.15) is 4.31 Å². The molecule has 3 aromatic rings. The van der Waals surface area contributed by atoms with E-state index in [0.29, 0.717) is 30.6 Å². The van der Waals surface area contributed by atoms with Crippen LogP contribution in [0.5, 0.6) is 0 Å². The van der Waals surface area contributed by atoms with Crippen molar-refractivity contribution in [3.05, 3.63) is 89.2 Å². The first-order chi connectivity index (χ1) is 15.4. The van der Waals surface area contributed by atoms with Crippen LogP contribution >= 0.6 is 36.4 Å². The molecule has 1 saturated heterocycles. The topological polar surface area (TPSA) is 105 Å². The van der Waals surface area contributed by atoms with E-state index in [1.807, 2.05) is 0 Å². The van der Waals surface area contributed by atoms with E-state index in [1.165, 1.54) is 10.4 Å². The molecule has 2 atom stereocenters. The van der Waals surface area contributed by atoms with Crippen molar-refractivity contribution in [1.82, 2.24) is 9.29 Å². The van der Waals surface area contributed by atoms with Crippen molar-refractivity contribution in [2.24, 2.45) is 5.73 Å². The van der Waals surface area contributed by atoms with Gasteiger partial charge in [-0.1, -0.05) is 35.9 Å². The number of nitrogens with one attached hydrogen (secondary N) is 1. The van der Waals surface area contributed by atoms with Crippen molar-refractivity contribution in [1.29, 1.82) is 0 Å². The van der Waals surface area contributed by atoms with Crippen molar-refractivity contribution in [3.63, 3.8) is 0 Å². The third-order valence-corrected chi connectivity index (χ3v) is 8.01. The summed E-state index contributed by atoms with van der Waals surface area (Å²) in [5.74, 6) is -0.250. The number of carbonyl (C=O) groups is 1. The number of halogens is 3. The summed E-state index contributed by atoms with van der Waals surface area (Å²) in [5.41, 5.74) is 8.39. The van der Waals surface area contributed by atoms with Crippen LogP contribution in [0.1, 0.15) is 34.8 Å². The highest BCUT2D eigenvalue weighted by atomic mass is 35.5. The Hall–Kier alpha value is -2.20. The van der Waals surface area contributed by atoms with Gasteiger partial charge in [-0.3, -0.25) is 9.78 Å². The average molecular weight is 544 g/mol. The molecule has 0 saturated carbocycles. The smallest absolute Gasteiger partial charge is 0.255 e. The lowest BCUT2D eigenvalue weighted by molar-refractivity contribution is 0.102. The second-order valence-electron chi connectivity index (χ2n) is 7.59. The van der Waals surface area contributed by atoms with E-state index in [2.05, 4.69) is 10.3 Å². The van der Waals surface area contributed by atoms with Gasteiger partial charge >= 0.3 is 0 Å². The van der Waals surface area contributed by atoms with E-state index in [-0.39, 0.29) is 40.6 Å². The number of benzene rings is 2. The lowest BCUT2D eigenvalue weighted by Gasteiger charge is -2.29. The van der Waals surface area contributed by atoms with E-state index >= 15 is 0 Å². The summed E-state index contributed by atoms with van der Waals surface area (Å²) in [7, 11) is -3.78. The number of amides is 1. The van der Waals surface area contributed by atoms with Crippen LogP contribution in [0, 0.1) is 0 Å². The maximum atomic E-state index is 13.2. The van der Waals surface area contributed by atoms with Crippen molar-refractivity contribution in [2.45, 2.75) is 29.8 Å². The molecule has 2 heterocycles. The highest BCUT2D eigenvalue weighted by Crippen LogP contribution is 2.34. The van der Waals surface area contributed by atoms with Crippen LogP contribution in [0.2, 0.25) is 5.02 Å². The zero-order valence-electron chi connectivity index (χ0n) is 18.0. The molecule has 1 aliphatic heterocycles. The number of pyridine rings is 1. The molecule has 1 amide bonds. The number of aromatic nitrogens is 1. The largest absolute Gasteiger partial charge is 0.323 e. The van der Waals surface area contributed by atoms with Crippen molar-refractivity contribution in [3.8, 4) is 0 Å². The first kappa shape index (κ1) is 28.0. The third kappa shape index (κ3) is 5.89. The fourth-order valence-electron chi connectivity index (χ4n) is 3.92. The number of rotatable bonds is 6. The lowest BCUT2D eigenvalue weighted by Crippen LogP contribution is -2.42. The van der Waals surface area contributed by atoms with E-state index in [0.717, 1.165) is 5.56 Å². The Kier molecular flexibility index (Phi) is 9.87. The first-order valence-electron chi connectivity index (χ1n) is 10.2. The van der Waals surface area contributed by atoms with Gasteiger partial charge < -0.3 is 11.1 Å². The summed E-state index contributed by atoms with van der Waals surface area (Å²) in [6, 6.07) is 15.8. The number of nitrogens with two attached hydrogens (primary N) is 1. The lowest BCUT2D eigenvalue weighted by atomic mass is 9.98. The molecule has 0 spiro atoms. The van der Waals surface area contributed by atoms with Crippen LogP contribution in [-0.4, -0.2) is 36.2 Å². The number of anilines is 1. The number of hydrogen-bond donors (Lipinski definition) is 2. The van der Waals surface area contributed by atoms with Crippen molar-refractivity contribution >= 4 is 58.0 Å². The fourth-order valence-corrected chi connectivity index (χ4v) is 6.13.